The highest BCUT2D eigenvalue weighted by Gasteiger charge is 2.08. The van der Waals surface area contributed by atoms with Gasteiger partial charge in [0.15, 0.2) is 0 Å². The van der Waals surface area contributed by atoms with Crippen LogP contribution in [0, 0.1) is 0 Å². The highest BCUT2D eigenvalue weighted by atomic mass is 15.1. The molecule has 0 amide bonds. The molecule has 0 saturated heterocycles. The lowest BCUT2D eigenvalue weighted by Gasteiger charge is -2.28. The molecule has 0 fully saturated rings. The summed E-state index contributed by atoms with van der Waals surface area (Å²) < 4.78 is 0. The normalized spacial score (nSPS) is 10.6. The number of hydrogen-bond donors (Lipinski definition) is 1. The topological polar surface area (TPSA) is 29.3 Å². The summed E-state index contributed by atoms with van der Waals surface area (Å²) in [6.07, 6.45) is 1.17. The first-order chi connectivity index (χ1) is 6.65. The van der Waals surface area contributed by atoms with Crippen LogP contribution in [0.4, 0.5) is 11.4 Å². The Morgan fingerprint density at radius 1 is 1.21 bits per heavy atom. The monoisotopic (exact) mass is 192 g/mol. The zero-order valence-electron chi connectivity index (χ0n) is 9.33. The van der Waals surface area contributed by atoms with Crippen LogP contribution in [0.15, 0.2) is 24.3 Å². The van der Waals surface area contributed by atoms with Gasteiger partial charge in [-0.25, -0.2) is 0 Å². The van der Waals surface area contributed by atoms with E-state index in [0.717, 1.165) is 12.2 Å². The molecule has 0 heterocycles. The van der Waals surface area contributed by atoms with Gasteiger partial charge in [0.05, 0.1) is 0 Å². The van der Waals surface area contributed by atoms with E-state index in [9.17, 15) is 0 Å². The molecule has 1 aromatic carbocycles. The van der Waals surface area contributed by atoms with E-state index in [1.165, 1.54) is 12.1 Å². The number of anilines is 2. The molecule has 0 unspecified atom stereocenters. The quantitative estimate of drug-likeness (QED) is 0.743. The van der Waals surface area contributed by atoms with Crippen molar-refractivity contribution in [3.63, 3.8) is 0 Å². The van der Waals surface area contributed by atoms with Crippen LogP contribution in [-0.2, 0) is 0 Å². The summed E-state index contributed by atoms with van der Waals surface area (Å²) in [5.41, 5.74) is 7.75. The molecule has 0 aliphatic carbocycles. The molecule has 0 atom stereocenters. The molecule has 78 valence electrons. The molecule has 0 saturated carbocycles. The van der Waals surface area contributed by atoms with E-state index in [2.05, 4.69) is 37.8 Å². The van der Waals surface area contributed by atoms with Gasteiger partial charge >= 0.3 is 0 Å². The predicted molar refractivity (Wildman–Crippen MR) is 63.6 cm³/mol. The minimum atomic E-state index is 0.540. The molecule has 0 aliphatic rings. The Morgan fingerprint density at radius 3 is 2.21 bits per heavy atom. The van der Waals surface area contributed by atoms with Crippen molar-refractivity contribution in [3.05, 3.63) is 24.3 Å². The Balaban J connectivity index is 2.82. The number of benzene rings is 1. The number of nitrogens with zero attached hydrogens (tertiary/aromatic N) is 1. The second-order valence-electron chi connectivity index (χ2n) is 3.88. The largest absolute Gasteiger partial charge is 0.399 e. The van der Waals surface area contributed by atoms with Crippen LogP contribution >= 0.6 is 0 Å². The lowest BCUT2D eigenvalue weighted by Crippen LogP contribution is -2.31. The Labute approximate surface area is 86.7 Å². The summed E-state index contributed by atoms with van der Waals surface area (Å²) in [5, 5.41) is 0. The van der Waals surface area contributed by atoms with Gasteiger partial charge in [-0.1, -0.05) is 6.92 Å². The van der Waals surface area contributed by atoms with E-state index < -0.39 is 0 Å². The van der Waals surface area contributed by atoms with Crippen molar-refractivity contribution >= 4 is 11.4 Å². The van der Waals surface area contributed by atoms with Crippen molar-refractivity contribution in [3.8, 4) is 0 Å². The average molecular weight is 192 g/mol. The van der Waals surface area contributed by atoms with Crippen molar-refractivity contribution in [1.82, 2.24) is 0 Å². The lowest BCUT2D eigenvalue weighted by atomic mass is 10.2. The minimum Gasteiger partial charge on any atom is -0.399 e. The molecule has 2 heteroatoms. The first kappa shape index (κ1) is 10.9. The highest BCUT2D eigenvalue weighted by Crippen LogP contribution is 2.18. The zero-order chi connectivity index (χ0) is 10.6. The Hall–Kier alpha value is -1.18. The first-order valence-electron chi connectivity index (χ1n) is 5.27. The van der Waals surface area contributed by atoms with Crippen LogP contribution in [0.2, 0.25) is 0 Å². The van der Waals surface area contributed by atoms with Crippen LogP contribution in [0.3, 0.4) is 0 Å². The summed E-state index contributed by atoms with van der Waals surface area (Å²) in [4.78, 5) is 2.39. The van der Waals surface area contributed by atoms with Crippen molar-refractivity contribution in [2.45, 2.75) is 33.2 Å². The summed E-state index contributed by atoms with van der Waals surface area (Å²) in [7, 11) is 0. The fourth-order valence-corrected chi connectivity index (χ4v) is 1.59. The maximum Gasteiger partial charge on any atom is 0.0370 e. The van der Waals surface area contributed by atoms with Gasteiger partial charge in [-0.05, 0) is 44.5 Å². The van der Waals surface area contributed by atoms with Crippen LogP contribution < -0.4 is 10.6 Å². The molecule has 0 spiro atoms. The SMILES string of the molecule is CCCN(c1ccc(N)cc1)C(C)C. The summed E-state index contributed by atoms with van der Waals surface area (Å²) in [6.45, 7) is 7.73. The van der Waals surface area contributed by atoms with E-state index in [1.54, 1.807) is 0 Å². The van der Waals surface area contributed by atoms with Crippen LogP contribution in [-0.4, -0.2) is 12.6 Å². The Bertz CT molecular complexity index is 264. The molecule has 0 bridgehead atoms. The van der Waals surface area contributed by atoms with Crippen molar-refractivity contribution in [2.24, 2.45) is 0 Å². The number of nitrogen functional groups attached to an aromatic ring is 1. The van der Waals surface area contributed by atoms with E-state index in [4.69, 9.17) is 5.73 Å². The molecule has 2 N–H and O–H groups in total. The van der Waals surface area contributed by atoms with Crippen LogP contribution in [0.5, 0.6) is 0 Å². The Kier molecular flexibility index (Phi) is 3.81. The molecule has 1 rings (SSSR count). The Morgan fingerprint density at radius 2 is 1.79 bits per heavy atom. The summed E-state index contributed by atoms with van der Waals surface area (Å²) >= 11 is 0. The van der Waals surface area contributed by atoms with Crippen LogP contribution in [0.25, 0.3) is 0 Å². The van der Waals surface area contributed by atoms with Gasteiger partial charge in [-0.15, -0.1) is 0 Å². The molecule has 0 aliphatic heterocycles. The number of nitrogens with two attached hydrogens (primary N) is 1. The number of rotatable bonds is 4. The zero-order valence-corrected chi connectivity index (χ0v) is 9.33. The van der Waals surface area contributed by atoms with Gasteiger partial charge in [-0.2, -0.15) is 0 Å². The average Bonchev–Trinajstić information content (AvgIpc) is 2.15. The van der Waals surface area contributed by atoms with Gasteiger partial charge in [0.25, 0.3) is 0 Å². The van der Waals surface area contributed by atoms with E-state index >= 15 is 0 Å². The molecule has 14 heavy (non-hydrogen) atoms. The van der Waals surface area contributed by atoms with Gasteiger partial charge in [0.1, 0.15) is 0 Å². The fourth-order valence-electron chi connectivity index (χ4n) is 1.59. The molecule has 0 aromatic heterocycles. The van der Waals surface area contributed by atoms with Crippen LogP contribution in [0.1, 0.15) is 27.2 Å². The van der Waals surface area contributed by atoms with Gasteiger partial charge in [0, 0.05) is 24.0 Å². The maximum atomic E-state index is 5.66. The van der Waals surface area contributed by atoms with Crippen molar-refractivity contribution in [2.75, 3.05) is 17.2 Å². The summed E-state index contributed by atoms with van der Waals surface area (Å²) in [5.74, 6) is 0. The highest BCUT2D eigenvalue weighted by molar-refractivity contribution is 5.53. The first-order valence-corrected chi connectivity index (χ1v) is 5.27. The maximum absolute atomic E-state index is 5.66. The lowest BCUT2D eigenvalue weighted by molar-refractivity contribution is 0.671. The van der Waals surface area contributed by atoms with Crippen molar-refractivity contribution < 1.29 is 0 Å². The molecular formula is C12H20N2. The van der Waals surface area contributed by atoms with E-state index in [-0.39, 0.29) is 0 Å². The third-order valence-corrected chi connectivity index (χ3v) is 2.31. The second-order valence-corrected chi connectivity index (χ2v) is 3.88. The van der Waals surface area contributed by atoms with E-state index in [1.807, 2.05) is 12.1 Å². The number of hydrogen-bond acceptors (Lipinski definition) is 2. The predicted octanol–water partition coefficient (Wildman–Crippen LogP) is 2.89. The third kappa shape index (κ3) is 2.66. The van der Waals surface area contributed by atoms with Gasteiger partial charge in [-0.3, -0.25) is 0 Å². The van der Waals surface area contributed by atoms with Crippen molar-refractivity contribution in [1.29, 1.82) is 0 Å². The smallest absolute Gasteiger partial charge is 0.0370 e. The van der Waals surface area contributed by atoms with E-state index in [0.29, 0.717) is 6.04 Å². The standard InChI is InChI=1S/C12H20N2/c1-4-9-14(10(2)3)12-7-5-11(13)6-8-12/h5-8,10H,4,9,13H2,1-3H3. The molecular weight excluding hydrogens is 172 g/mol. The second kappa shape index (κ2) is 4.89. The molecule has 1 aromatic rings. The van der Waals surface area contributed by atoms with Gasteiger partial charge < -0.3 is 10.6 Å². The third-order valence-electron chi connectivity index (χ3n) is 2.31. The molecule has 2 nitrogen and oxygen atoms in total. The molecule has 0 radical (unpaired) electrons. The minimum absolute atomic E-state index is 0.540. The summed E-state index contributed by atoms with van der Waals surface area (Å²) in [6, 6.07) is 8.63. The van der Waals surface area contributed by atoms with Gasteiger partial charge in [0.2, 0.25) is 0 Å². The fraction of sp³-hybridized carbons (Fsp3) is 0.500.